The SMILES string of the molecule is CCNC(CSc1nnc(SC)s1)c1ccccc1. The van der Waals surface area contributed by atoms with Gasteiger partial charge >= 0.3 is 0 Å². The lowest BCUT2D eigenvalue weighted by Gasteiger charge is -2.17. The van der Waals surface area contributed by atoms with Crippen LogP contribution in [-0.2, 0) is 0 Å². The molecule has 1 aromatic heterocycles. The molecule has 0 fully saturated rings. The second-order valence-electron chi connectivity index (χ2n) is 3.87. The number of nitrogens with zero attached hydrogens (tertiary/aromatic N) is 2. The summed E-state index contributed by atoms with van der Waals surface area (Å²) >= 11 is 5.08. The van der Waals surface area contributed by atoms with Crippen LogP contribution in [0.25, 0.3) is 0 Å². The predicted octanol–water partition coefficient (Wildman–Crippen LogP) is 3.70. The lowest BCUT2D eigenvalue weighted by Crippen LogP contribution is -2.22. The van der Waals surface area contributed by atoms with Gasteiger partial charge in [-0.25, -0.2) is 0 Å². The molecule has 1 heterocycles. The van der Waals surface area contributed by atoms with Gasteiger partial charge < -0.3 is 5.32 Å². The zero-order valence-electron chi connectivity index (χ0n) is 11.0. The predicted molar refractivity (Wildman–Crippen MR) is 85.3 cm³/mol. The molecule has 0 amide bonds. The molecule has 2 rings (SSSR count). The Kier molecular flexibility index (Phi) is 6.16. The summed E-state index contributed by atoms with van der Waals surface area (Å²) in [4.78, 5) is 0. The Hall–Kier alpha value is -0.560. The second-order valence-corrected chi connectivity index (χ2v) is 7.17. The average Bonchev–Trinajstić information content (AvgIpc) is 2.92. The van der Waals surface area contributed by atoms with E-state index in [1.165, 1.54) is 5.56 Å². The van der Waals surface area contributed by atoms with Crippen molar-refractivity contribution in [2.24, 2.45) is 0 Å². The van der Waals surface area contributed by atoms with Crippen molar-refractivity contribution in [1.29, 1.82) is 0 Å². The van der Waals surface area contributed by atoms with Crippen LogP contribution in [0.2, 0.25) is 0 Å². The Morgan fingerprint density at radius 3 is 2.58 bits per heavy atom. The number of nitrogens with one attached hydrogen (secondary N) is 1. The topological polar surface area (TPSA) is 37.8 Å². The highest BCUT2D eigenvalue weighted by Gasteiger charge is 2.12. The average molecular weight is 312 g/mol. The number of thioether (sulfide) groups is 2. The van der Waals surface area contributed by atoms with E-state index in [9.17, 15) is 0 Å². The van der Waals surface area contributed by atoms with Crippen molar-refractivity contribution in [1.82, 2.24) is 15.5 Å². The third-order valence-electron chi connectivity index (χ3n) is 2.59. The molecule has 1 atom stereocenters. The van der Waals surface area contributed by atoms with Crippen molar-refractivity contribution in [3.05, 3.63) is 35.9 Å². The van der Waals surface area contributed by atoms with E-state index in [0.29, 0.717) is 6.04 Å². The quantitative estimate of drug-likeness (QED) is 0.789. The summed E-state index contributed by atoms with van der Waals surface area (Å²) < 4.78 is 2.07. The molecule has 102 valence electrons. The fourth-order valence-electron chi connectivity index (χ4n) is 1.70. The smallest absolute Gasteiger partial charge is 0.175 e. The second kappa shape index (κ2) is 7.89. The van der Waals surface area contributed by atoms with Crippen LogP contribution < -0.4 is 5.32 Å². The van der Waals surface area contributed by atoms with Crippen LogP contribution in [0, 0.1) is 0 Å². The van der Waals surface area contributed by atoms with Crippen molar-refractivity contribution >= 4 is 34.9 Å². The summed E-state index contributed by atoms with van der Waals surface area (Å²) in [6.07, 6.45) is 2.03. The number of benzene rings is 1. The molecule has 0 saturated heterocycles. The molecule has 0 aliphatic carbocycles. The van der Waals surface area contributed by atoms with E-state index in [4.69, 9.17) is 0 Å². The summed E-state index contributed by atoms with van der Waals surface area (Å²) in [7, 11) is 0. The van der Waals surface area contributed by atoms with Crippen LogP contribution in [-0.4, -0.2) is 28.8 Å². The Morgan fingerprint density at radius 1 is 1.21 bits per heavy atom. The van der Waals surface area contributed by atoms with Gasteiger partial charge in [-0.15, -0.1) is 10.2 Å². The van der Waals surface area contributed by atoms with E-state index in [2.05, 4.69) is 52.8 Å². The molecule has 2 aromatic rings. The van der Waals surface area contributed by atoms with Crippen molar-refractivity contribution in [3.8, 4) is 0 Å². The van der Waals surface area contributed by atoms with Gasteiger partial charge in [0.1, 0.15) is 0 Å². The number of rotatable bonds is 7. The van der Waals surface area contributed by atoms with Gasteiger partial charge in [0.05, 0.1) is 0 Å². The first kappa shape index (κ1) is 14.8. The molecule has 3 nitrogen and oxygen atoms in total. The molecular weight excluding hydrogens is 294 g/mol. The summed E-state index contributed by atoms with van der Waals surface area (Å²) in [5.41, 5.74) is 1.33. The van der Waals surface area contributed by atoms with E-state index < -0.39 is 0 Å². The Balaban J connectivity index is 1.97. The molecule has 0 radical (unpaired) electrons. The minimum atomic E-state index is 0.359. The molecule has 1 aromatic carbocycles. The molecule has 0 bridgehead atoms. The first-order chi connectivity index (χ1) is 9.33. The van der Waals surface area contributed by atoms with Gasteiger partial charge in [0.2, 0.25) is 0 Å². The largest absolute Gasteiger partial charge is 0.309 e. The maximum atomic E-state index is 4.20. The fraction of sp³-hybridized carbons (Fsp3) is 0.385. The summed E-state index contributed by atoms with van der Waals surface area (Å²) in [6.45, 7) is 3.10. The van der Waals surface area contributed by atoms with Crippen LogP contribution in [0.15, 0.2) is 39.0 Å². The molecule has 0 saturated carbocycles. The summed E-state index contributed by atoms with van der Waals surface area (Å²) in [5, 5.41) is 11.8. The lowest BCUT2D eigenvalue weighted by molar-refractivity contribution is 0.606. The first-order valence-electron chi connectivity index (χ1n) is 6.12. The van der Waals surface area contributed by atoms with E-state index in [0.717, 1.165) is 21.0 Å². The van der Waals surface area contributed by atoms with Gasteiger partial charge in [0.15, 0.2) is 8.68 Å². The lowest BCUT2D eigenvalue weighted by atomic mass is 10.1. The van der Waals surface area contributed by atoms with Crippen LogP contribution in [0.3, 0.4) is 0 Å². The Labute approximate surface area is 126 Å². The highest BCUT2D eigenvalue weighted by Crippen LogP contribution is 2.30. The van der Waals surface area contributed by atoms with E-state index in [-0.39, 0.29) is 0 Å². The van der Waals surface area contributed by atoms with Crippen molar-refractivity contribution in [2.75, 3.05) is 18.6 Å². The van der Waals surface area contributed by atoms with E-state index in [1.807, 2.05) is 6.26 Å². The van der Waals surface area contributed by atoms with Crippen LogP contribution in [0.1, 0.15) is 18.5 Å². The van der Waals surface area contributed by atoms with Crippen LogP contribution >= 0.6 is 34.9 Å². The zero-order valence-corrected chi connectivity index (χ0v) is 13.4. The fourth-order valence-corrected chi connectivity index (χ4v) is 4.26. The van der Waals surface area contributed by atoms with Crippen LogP contribution in [0.4, 0.5) is 0 Å². The highest BCUT2D eigenvalue weighted by atomic mass is 32.2. The van der Waals surface area contributed by atoms with Crippen molar-refractivity contribution in [2.45, 2.75) is 21.6 Å². The third kappa shape index (κ3) is 4.49. The molecule has 19 heavy (non-hydrogen) atoms. The number of aromatic nitrogens is 2. The maximum absolute atomic E-state index is 4.20. The van der Waals surface area contributed by atoms with E-state index >= 15 is 0 Å². The van der Waals surface area contributed by atoms with Crippen molar-refractivity contribution in [3.63, 3.8) is 0 Å². The molecule has 0 aliphatic heterocycles. The Morgan fingerprint density at radius 2 is 1.95 bits per heavy atom. The Bertz CT molecular complexity index is 487. The van der Waals surface area contributed by atoms with Gasteiger partial charge in [-0.2, -0.15) is 0 Å². The molecular formula is C13H17N3S3. The number of hydrogen-bond acceptors (Lipinski definition) is 6. The maximum Gasteiger partial charge on any atom is 0.175 e. The number of hydrogen-bond donors (Lipinski definition) is 1. The van der Waals surface area contributed by atoms with Gasteiger partial charge in [0, 0.05) is 11.8 Å². The monoisotopic (exact) mass is 311 g/mol. The molecule has 0 spiro atoms. The van der Waals surface area contributed by atoms with Gasteiger partial charge in [-0.1, -0.05) is 72.1 Å². The normalized spacial score (nSPS) is 12.5. The third-order valence-corrected chi connectivity index (χ3v) is 5.71. The first-order valence-corrected chi connectivity index (χ1v) is 9.14. The minimum absolute atomic E-state index is 0.359. The summed E-state index contributed by atoms with van der Waals surface area (Å²) in [5.74, 6) is 0.973. The highest BCUT2D eigenvalue weighted by molar-refractivity contribution is 8.02. The zero-order chi connectivity index (χ0) is 13.5. The van der Waals surface area contributed by atoms with Crippen LogP contribution in [0.5, 0.6) is 0 Å². The standard InChI is InChI=1S/C13H17N3S3/c1-3-14-11(10-7-5-4-6-8-10)9-18-13-16-15-12(17-2)19-13/h4-8,11,14H,3,9H2,1-2H3. The van der Waals surface area contributed by atoms with Crippen molar-refractivity contribution < 1.29 is 0 Å². The molecule has 0 aliphatic rings. The summed E-state index contributed by atoms with van der Waals surface area (Å²) in [6, 6.07) is 10.9. The van der Waals surface area contributed by atoms with Gasteiger partial charge in [-0.3, -0.25) is 0 Å². The van der Waals surface area contributed by atoms with E-state index in [1.54, 1.807) is 34.9 Å². The molecule has 1 unspecified atom stereocenters. The molecule has 6 heteroatoms. The van der Waals surface area contributed by atoms with Gasteiger partial charge in [-0.05, 0) is 18.4 Å². The van der Waals surface area contributed by atoms with Gasteiger partial charge in [0.25, 0.3) is 0 Å². The minimum Gasteiger partial charge on any atom is -0.309 e. The molecule has 1 N–H and O–H groups in total.